The van der Waals surface area contributed by atoms with E-state index in [1.807, 2.05) is 50.3 Å². The van der Waals surface area contributed by atoms with Crippen LogP contribution in [0.15, 0.2) is 151 Å². The number of ketones is 1. The van der Waals surface area contributed by atoms with Crippen molar-refractivity contribution >= 4 is 76.5 Å². The number of hydrogen-bond acceptors (Lipinski definition) is 26. The van der Waals surface area contributed by atoms with E-state index in [-0.39, 0.29) is 47.6 Å². The second-order valence-corrected chi connectivity index (χ2v) is 35.5. The molecule has 21 atom stereocenters. The predicted octanol–water partition coefficient (Wildman–Crippen LogP) is 7.25. The average molecular weight is 1680 g/mol. The molecule has 4 bridgehead atoms. The summed E-state index contributed by atoms with van der Waals surface area (Å²) in [5, 5.41) is 66.5. The first kappa shape index (κ1) is 86.4. The lowest BCUT2D eigenvalue weighted by molar-refractivity contribution is -0.346. The van der Waals surface area contributed by atoms with E-state index in [0.717, 1.165) is 30.3 Å². The maximum atomic E-state index is 15.5. The minimum absolute atomic E-state index is 0.00289. The smallest absolute Gasteiger partial charge is 0.344 e. The molecule has 7 N–H and O–H groups in total. The van der Waals surface area contributed by atoms with Gasteiger partial charge in [-0.25, -0.2) is 14.4 Å². The molecule has 3 saturated carbocycles. The molecule has 10 aliphatic rings. The van der Waals surface area contributed by atoms with Crippen LogP contribution in [0.3, 0.4) is 0 Å². The fourth-order valence-corrected chi connectivity index (χ4v) is 23.5. The highest BCUT2D eigenvalue weighted by atomic mass is 16.6. The third-order valence-corrected chi connectivity index (χ3v) is 29.0. The summed E-state index contributed by atoms with van der Waals surface area (Å²) in [6, 6.07) is 32.9. The highest BCUT2D eigenvalue weighted by molar-refractivity contribution is 5.99. The lowest BCUT2D eigenvalue weighted by Gasteiger charge is -2.67. The lowest BCUT2D eigenvalue weighted by atomic mass is 9.44. The number of aromatic amines is 1. The van der Waals surface area contributed by atoms with Gasteiger partial charge in [0.15, 0.2) is 29.7 Å². The van der Waals surface area contributed by atoms with E-state index in [1.165, 1.54) is 59.1 Å². The number of Topliss-reactive ketones (excluding diaryl/α,β-unsaturated/α-hetero) is 1. The number of anilines is 1. The maximum absolute atomic E-state index is 15.5. The third-order valence-electron chi connectivity index (χ3n) is 29.0. The van der Waals surface area contributed by atoms with Crippen LogP contribution >= 0.6 is 0 Å². The zero-order valence-corrected chi connectivity index (χ0v) is 70.5. The molecule has 6 aromatic rings. The summed E-state index contributed by atoms with van der Waals surface area (Å²) in [7, 11) is 4.09. The molecule has 6 fully saturated rings. The molecule has 1 unspecified atom stereocenters. The minimum atomic E-state index is -2.53. The molecule has 6 aliphatic heterocycles. The first-order valence-electron chi connectivity index (χ1n) is 41.7. The average Bonchev–Trinajstić information content (AvgIpc) is 1.43. The van der Waals surface area contributed by atoms with Gasteiger partial charge in [0.2, 0.25) is 12.0 Å². The number of aliphatic hydroxyl groups excluding tert-OH is 2. The van der Waals surface area contributed by atoms with Gasteiger partial charge in [0.1, 0.15) is 35.1 Å². The molecule has 648 valence electrons. The molecule has 1 spiro atoms. The van der Waals surface area contributed by atoms with Crippen molar-refractivity contribution in [3.63, 3.8) is 0 Å². The van der Waals surface area contributed by atoms with Crippen LogP contribution < -0.4 is 15.0 Å². The fraction of sp³-hybridized carbons (Fsp3) is 0.505. The van der Waals surface area contributed by atoms with Crippen LogP contribution in [0.4, 0.5) is 5.69 Å². The second-order valence-electron chi connectivity index (χ2n) is 35.5. The van der Waals surface area contributed by atoms with Gasteiger partial charge in [-0.1, -0.05) is 125 Å². The van der Waals surface area contributed by atoms with Crippen molar-refractivity contribution in [2.75, 3.05) is 65.6 Å². The number of nitrogens with zero attached hydrogens (tertiary/aromatic N) is 3. The Morgan fingerprint density at radius 2 is 1.40 bits per heavy atom. The number of esters is 7. The normalized spacial score (nSPS) is 34.1. The Labute approximate surface area is 706 Å². The number of aromatic nitrogens is 1. The Morgan fingerprint density at radius 1 is 0.746 bits per heavy atom. The Balaban J connectivity index is 0.000000190. The van der Waals surface area contributed by atoms with Crippen molar-refractivity contribution in [1.82, 2.24) is 20.1 Å². The number of methoxy groups -OCH3 is 3. The summed E-state index contributed by atoms with van der Waals surface area (Å²) >= 11 is 0. The molecule has 7 heterocycles. The molecule has 29 nitrogen and oxygen atoms in total. The monoisotopic (exact) mass is 1680 g/mol. The summed E-state index contributed by atoms with van der Waals surface area (Å²) in [4.78, 5) is 150. The number of carbonyl (C=O) groups is 10. The molecule has 0 radical (unpaired) electrons. The largest absolute Gasteiger partial charge is 0.496 e. The van der Waals surface area contributed by atoms with E-state index in [0.29, 0.717) is 105 Å². The van der Waals surface area contributed by atoms with Crippen LogP contribution in [-0.4, -0.2) is 238 Å². The maximum Gasteiger partial charge on any atom is 0.344 e. The van der Waals surface area contributed by atoms with Crippen LogP contribution in [0, 0.1) is 28.1 Å². The molecular weight excluding hydrogens is 1570 g/mol. The molecule has 3 saturated heterocycles. The van der Waals surface area contributed by atoms with Gasteiger partial charge in [-0.15, -0.1) is 0 Å². The van der Waals surface area contributed by atoms with Gasteiger partial charge in [0.25, 0.3) is 5.91 Å². The summed E-state index contributed by atoms with van der Waals surface area (Å²) in [5.74, 6) is -8.91. The second kappa shape index (κ2) is 32.0. The number of nitrogens with one attached hydrogen (secondary N) is 2. The Morgan fingerprint density at radius 3 is 2.02 bits per heavy atom. The van der Waals surface area contributed by atoms with Crippen molar-refractivity contribution in [3.8, 4) is 5.75 Å². The molecule has 122 heavy (non-hydrogen) atoms. The summed E-state index contributed by atoms with van der Waals surface area (Å²) in [5.41, 5.74) is -10.2. The molecule has 2 amide bonds. The summed E-state index contributed by atoms with van der Waals surface area (Å²) in [6.07, 6.45) is -4.68. The summed E-state index contributed by atoms with van der Waals surface area (Å²) in [6.45, 7) is 16.1. The number of fused-ring (bicyclic) bond motifs is 11. The van der Waals surface area contributed by atoms with Crippen LogP contribution in [0.5, 0.6) is 5.75 Å². The third kappa shape index (κ3) is 13.2. The topological polar surface area (TPSA) is 392 Å². The van der Waals surface area contributed by atoms with Gasteiger partial charge in [-0.05, 0) is 129 Å². The number of hydrogen-bond donors (Lipinski definition) is 7. The van der Waals surface area contributed by atoms with Crippen molar-refractivity contribution in [1.29, 1.82) is 0 Å². The Hall–Kier alpha value is -10.5. The van der Waals surface area contributed by atoms with E-state index in [1.54, 1.807) is 98.8 Å². The molecule has 16 rings (SSSR count). The van der Waals surface area contributed by atoms with Crippen molar-refractivity contribution in [2.24, 2.45) is 28.1 Å². The highest BCUT2D eigenvalue weighted by Crippen LogP contribution is 2.70. The molecule has 4 aliphatic carbocycles. The number of amides is 2. The molecule has 5 aromatic carbocycles. The van der Waals surface area contributed by atoms with E-state index in [2.05, 4.69) is 26.2 Å². The van der Waals surface area contributed by atoms with E-state index >= 15 is 9.59 Å². The van der Waals surface area contributed by atoms with Gasteiger partial charge >= 0.3 is 41.8 Å². The van der Waals surface area contributed by atoms with Gasteiger partial charge in [0.05, 0.1) is 74.3 Å². The van der Waals surface area contributed by atoms with E-state index in [9.17, 15) is 63.9 Å². The van der Waals surface area contributed by atoms with Crippen molar-refractivity contribution in [2.45, 2.75) is 208 Å². The number of rotatable bonds is 18. The van der Waals surface area contributed by atoms with Crippen molar-refractivity contribution < 1.29 is 116 Å². The number of benzene rings is 5. The minimum Gasteiger partial charge on any atom is -0.496 e. The first-order valence-corrected chi connectivity index (χ1v) is 41.7. The number of carbonyl (C=O) groups excluding carboxylic acids is 10. The van der Waals surface area contributed by atoms with Gasteiger partial charge in [-0.2, -0.15) is 0 Å². The van der Waals surface area contributed by atoms with Gasteiger partial charge < -0.3 is 83.4 Å². The van der Waals surface area contributed by atoms with Crippen LogP contribution in [-0.2, 0) is 93.5 Å². The summed E-state index contributed by atoms with van der Waals surface area (Å²) < 4.78 is 54.0. The highest BCUT2D eigenvalue weighted by Gasteiger charge is 2.82. The number of para-hydroxylation sites is 1. The van der Waals surface area contributed by atoms with Crippen LogP contribution in [0.2, 0.25) is 0 Å². The lowest BCUT2D eigenvalue weighted by Crippen LogP contribution is -2.82. The fourth-order valence-electron chi connectivity index (χ4n) is 23.5. The molecule has 29 heteroatoms. The van der Waals surface area contributed by atoms with E-state index < -0.39 is 176 Å². The Kier molecular flexibility index (Phi) is 22.7. The van der Waals surface area contributed by atoms with Gasteiger partial charge in [0, 0.05) is 116 Å². The van der Waals surface area contributed by atoms with Crippen LogP contribution in [0.25, 0.3) is 10.9 Å². The van der Waals surface area contributed by atoms with Crippen molar-refractivity contribution in [3.05, 3.63) is 190 Å². The Bertz CT molecular complexity index is 5230. The quantitative estimate of drug-likeness (QED) is 0.0193. The van der Waals surface area contributed by atoms with E-state index in [4.69, 9.17) is 42.6 Å². The number of ether oxygens (including phenoxy) is 9. The zero-order chi connectivity index (χ0) is 87.5. The first-order chi connectivity index (χ1) is 58.0. The molecule has 1 aromatic heterocycles. The van der Waals surface area contributed by atoms with Gasteiger partial charge in [-0.3, -0.25) is 43.4 Å². The SMILES string of the molecule is CC(=O)O[C@H]1C(=O)[C@@]2(C)[C@H]([C@H](OC(=O)c3ccccc3)[C@]3(O)C[C@H](OC(=O)[C@H](O)[C@@H](NC(=O)c4ccccc4)c4ccccc4)C(C)=C1C3(C)C)[C@]1(OC(C)=O)CO[C@@H]1C[C@@H]2O.CC[C@]1(O)C[C@H]2CN(CCc3c([nH]c4ccccc34)[C@@](C(=O)OC)(c3cc4c(cc3OC)N(C=O)[C@H]3[C@@](O)(C(=O)OC)[C@H](OC(C)=O)[C@]5(CC)C=CCN6CC[C@]43[C@@H]65)C2)C1. The predicted molar refractivity (Wildman–Crippen MR) is 438 cm³/mol. The number of piperidine rings is 1. The standard InChI is InChI=1S/C47H51NO14.C46H56N4O10/c1-25-31(60-43(56)36(52)35(28-16-10-7-11-17-28)48-41(54)29-18-12-8-13-19-29)23-47(57)40(61-42(55)30-20-14-9-15-21-30)38-45(6,32(51)22-33-46(38,24-58-33)62-27(3)50)39(53)37(59-26(2)49)34(25)44(47,4)5;1-7-42(55)22-28-23-45(40(53)58-5,36-30(14-18-48(24-28)25-42)29-12-9-10-13-33(29)47-36)32-20-31-34(21-35(32)57-4)50(26-51)38-44(31)16-19-49-17-11-15-43(8-2,37(44)49)39(60-27(3)52)46(38,56)41(54)59-6/h7-21,31-33,35-38,40,51-52,57H,22-24H2,1-6H3,(H,48,54);9-13,15,20-21,26,28,37-39,47,55-56H,7-8,14,16-19,22-25H2,1-6H3/t31-,32-,33+,35-,36+,37+,38-,40-,45+,46-,47+;28-,37+,38-,39-,42+,43-,44-,45+,46+/m01/s1. The van der Waals surface area contributed by atoms with Crippen LogP contribution in [0.1, 0.15) is 162 Å². The number of H-pyrrole nitrogens is 1. The molecular formula is C93H107N5O24. The zero-order valence-electron chi connectivity index (χ0n) is 70.5. The number of aliphatic hydroxyl groups is 5.